The third-order valence-electron chi connectivity index (χ3n) is 8.13. The van der Waals surface area contributed by atoms with E-state index >= 15 is 0 Å². The Bertz CT molecular complexity index is 1290. The average molecular weight is 751 g/mol. The number of hydrogen-bond acceptors (Lipinski definition) is 18. The van der Waals surface area contributed by atoms with Gasteiger partial charge in [0.25, 0.3) is 0 Å². The highest BCUT2D eigenvalue weighted by atomic mass is 28.4. The molecule has 18 nitrogen and oxygen atoms in total. The fourth-order valence-corrected chi connectivity index (χ4v) is 6.05. The van der Waals surface area contributed by atoms with E-state index in [9.17, 15) is 33.6 Å². The van der Waals surface area contributed by atoms with E-state index in [-0.39, 0.29) is 11.6 Å². The Kier molecular flexibility index (Phi) is 15.5. The van der Waals surface area contributed by atoms with Crippen LogP contribution in [0.1, 0.15) is 69.2 Å². The van der Waals surface area contributed by atoms with E-state index < -0.39 is 118 Å². The summed E-state index contributed by atoms with van der Waals surface area (Å²) in [4.78, 5) is 85.9. The SMILES string of the molecule is CC(=O)OC[C@H]1O[C@H](OC(C)=O)[C@@H](OC(C)=O)[C@@H](OC(C)=O)[C@@H]1O[C@@H]1O[C@H](CO[Si](C)(C)C(C)(C)C)[C@H](OC(C)=O)[C@H](OC(C)=O)[C@H]1OC(C)=O. The number of esters is 7. The zero-order valence-corrected chi connectivity index (χ0v) is 32.0. The van der Waals surface area contributed by atoms with Gasteiger partial charge < -0.3 is 51.8 Å². The predicted octanol–water partition coefficient (Wildman–Crippen LogP) is 1.63. The van der Waals surface area contributed by atoms with Gasteiger partial charge in [-0.15, -0.1) is 0 Å². The zero-order chi connectivity index (χ0) is 39.0. The second kappa shape index (κ2) is 18.2. The van der Waals surface area contributed by atoms with Crippen LogP contribution in [-0.2, 0) is 85.4 Å². The number of carbonyl (C=O) groups excluding carboxylic acids is 7. The molecule has 19 heteroatoms. The highest BCUT2D eigenvalue weighted by molar-refractivity contribution is 6.74. The molecule has 10 atom stereocenters. The molecule has 0 radical (unpaired) electrons. The van der Waals surface area contributed by atoms with E-state index in [1.165, 1.54) is 0 Å². The zero-order valence-electron chi connectivity index (χ0n) is 31.0. The maximum atomic E-state index is 12.5. The van der Waals surface area contributed by atoms with Gasteiger partial charge >= 0.3 is 41.8 Å². The first-order chi connectivity index (χ1) is 23.4. The normalized spacial score (nSPS) is 29.5. The third-order valence-corrected chi connectivity index (χ3v) is 12.6. The number of rotatable bonds is 13. The predicted molar refractivity (Wildman–Crippen MR) is 172 cm³/mol. The molecule has 0 spiro atoms. The van der Waals surface area contributed by atoms with Gasteiger partial charge in [0.1, 0.15) is 24.9 Å². The molecule has 2 fully saturated rings. The first kappa shape index (κ1) is 43.5. The Balaban J connectivity index is 2.78. The van der Waals surface area contributed by atoms with Crippen LogP contribution in [0, 0.1) is 0 Å². The van der Waals surface area contributed by atoms with Crippen molar-refractivity contribution in [3.05, 3.63) is 0 Å². The number of ether oxygens (including phenoxy) is 10. The minimum absolute atomic E-state index is 0.213. The van der Waals surface area contributed by atoms with Crippen molar-refractivity contribution in [2.75, 3.05) is 13.2 Å². The first-order valence-electron chi connectivity index (χ1n) is 16.2. The molecule has 2 aliphatic rings. The summed E-state index contributed by atoms with van der Waals surface area (Å²) in [5.41, 5.74) is 0. The van der Waals surface area contributed by atoms with Crippen molar-refractivity contribution >= 4 is 50.1 Å². The second-order valence-electron chi connectivity index (χ2n) is 13.5. The number of carbonyl (C=O) groups is 7. The lowest BCUT2D eigenvalue weighted by molar-refractivity contribution is -0.357. The fraction of sp³-hybridized carbons (Fsp3) is 0.781. The molecule has 2 saturated heterocycles. The molecule has 0 amide bonds. The molecule has 0 bridgehead atoms. The molecule has 51 heavy (non-hydrogen) atoms. The van der Waals surface area contributed by atoms with E-state index in [4.69, 9.17) is 51.8 Å². The van der Waals surface area contributed by atoms with Crippen LogP contribution in [0.25, 0.3) is 0 Å². The Hall–Kier alpha value is -3.65. The van der Waals surface area contributed by atoms with Crippen molar-refractivity contribution in [2.24, 2.45) is 0 Å². The molecule has 2 aliphatic heterocycles. The molecule has 0 aromatic heterocycles. The summed E-state index contributed by atoms with van der Waals surface area (Å²) in [6, 6.07) is 0. The van der Waals surface area contributed by atoms with Crippen molar-refractivity contribution in [3.63, 3.8) is 0 Å². The van der Waals surface area contributed by atoms with E-state index in [2.05, 4.69) is 0 Å². The van der Waals surface area contributed by atoms with E-state index in [0.29, 0.717) is 0 Å². The first-order valence-corrected chi connectivity index (χ1v) is 19.1. The standard InChI is InChI=1S/C32H50O18Si/c1-15(33)40-13-22-25(27(44-18(4)36)28(45-19(5)37)30(48-22)47-21(7)39)50-31-29(46-20(6)38)26(43-17(3)35)24(42-16(2)34)23(49-31)14-41-51(11,12)32(8,9)10/h22-31H,13-14H2,1-12H3/t22-,23-,24+,25-,26+,27+,28+,29-,30+,31+/m1/s1. The Morgan fingerprint density at radius 1 is 0.490 bits per heavy atom. The van der Waals surface area contributed by atoms with Gasteiger partial charge in [0, 0.05) is 48.5 Å². The Morgan fingerprint density at radius 3 is 1.29 bits per heavy atom. The monoisotopic (exact) mass is 750 g/mol. The van der Waals surface area contributed by atoms with Gasteiger partial charge in [-0.1, -0.05) is 20.8 Å². The molecular formula is C32H50O18Si. The summed E-state index contributed by atoms with van der Waals surface area (Å²) < 4.78 is 63.1. The van der Waals surface area contributed by atoms with Crippen molar-refractivity contribution in [2.45, 2.75) is 149 Å². The Labute approximate surface area is 297 Å². The van der Waals surface area contributed by atoms with Gasteiger partial charge in [-0.2, -0.15) is 0 Å². The summed E-state index contributed by atoms with van der Waals surface area (Å²) in [5.74, 6) is -5.89. The van der Waals surface area contributed by atoms with Crippen LogP contribution in [-0.4, -0.2) is 125 Å². The quantitative estimate of drug-likeness (QED) is 0.148. The third kappa shape index (κ3) is 12.8. The molecule has 2 rings (SSSR count). The average Bonchev–Trinajstić information content (AvgIpc) is 2.95. The lowest BCUT2D eigenvalue weighted by Crippen LogP contribution is -2.67. The van der Waals surface area contributed by atoms with Gasteiger partial charge in [0.05, 0.1) is 6.61 Å². The highest BCUT2D eigenvalue weighted by Crippen LogP contribution is 2.39. The molecule has 0 saturated carbocycles. The van der Waals surface area contributed by atoms with E-state index in [1.807, 2.05) is 33.9 Å². The number of hydrogen-bond donors (Lipinski definition) is 0. The largest absolute Gasteiger partial charge is 0.463 e. The summed E-state index contributed by atoms with van der Waals surface area (Å²) >= 11 is 0. The molecule has 290 valence electrons. The summed E-state index contributed by atoms with van der Waals surface area (Å²) in [6.45, 7) is 16.7. The van der Waals surface area contributed by atoms with Crippen LogP contribution in [0.15, 0.2) is 0 Å². The van der Waals surface area contributed by atoms with Gasteiger partial charge in [0.15, 0.2) is 39.0 Å². The fourth-order valence-electron chi connectivity index (χ4n) is 5.04. The van der Waals surface area contributed by atoms with Crippen molar-refractivity contribution in [3.8, 4) is 0 Å². The maximum Gasteiger partial charge on any atom is 0.305 e. The molecule has 2 heterocycles. The van der Waals surface area contributed by atoms with Crippen LogP contribution in [0.3, 0.4) is 0 Å². The van der Waals surface area contributed by atoms with Crippen LogP contribution >= 0.6 is 0 Å². The van der Waals surface area contributed by atoms with Crippen LogP contribution in [0.2, 0.25) is 18.1 Å². The minimum atomic E-state index is -2.50. The van der Waals surface area contributed by atoms with Gasteiger partial charge in [0.2, 0.25) is 12.4 Å². The minimum Gasteiger partial charge on any atom is -0.463 e. The molecule has 0 aromatic rings. The lowest BCUT2D eigenvalue weighted by atomic mass is 9.96. The highest BCUT2D eigenvalue weighted by Gasteiger charge is 2.58. The molecular weight excluding hydrogens is 700 g/mol. The van der Waals surface area contributed by atoms with Gasteiger partial charge in [-0.3, -0.25) is 33.6 Å². The topological polar surface area (TPSA) is 221 Å². The van der Waals surface area contributed by atoms with Crippen LogP contribution in [0.4, 0.5) is 0 Å². The summed E-state index contributed by atoms with van der Waals surface area (Å²) in [5, 5.41) is -0.269. The summed E-state index contributed by atoms with van der Waals surface area (Å²) in [6.07, 6.45) is -15.5. The molecule has 0 aliphatic carbocycles. The second-order valence-corrected chi connectivity index (χ2v) is 18.3. The van der Waals surface area contributed by atoms with Crippen LogP contribution < -0.4 is 0 Å². The van der Waals surface area contributed by atoms with E-state index in [0.717, 1.165) is 48.5 Å². The lowest BCUT2D eigenvalue weighted by Gasteiger charge is -2.49. The van der Waals surface area contributed by atoms with Crippen LogP contribution in [0.5, 0.6) is 0 Å². The van der Waals surface area contributed by atoms with E-state index in [1.54, 1.807) is 0 Å². The molecule has 0 aromatic carbocycles. The van der Waals surface area contributed by atoms with Crippen molar-refractivity contribution in [1.29, 1.82) is 0 Å². The smallest absolute Gasteiger partial charge is 0.305 e. The Morgan fingerprint density at radius 2 is 0.863 bits per heavy atom. The van der Waals surface area contributed by atoms with Crippen molar-refractivity contribution in [1.82, 2.24) is 0 Å². The van der Waals surface area contributed by atoms with Gasteiger partial charge in [-0.05, 0) is 18.1 Å². The van der Waals surface area contributed by atoms with Gasteiger partial charge in [-0.25, -0.2) is 0 Å². The molecule has 0 unspecified atom stereocenters. The summed E-state index contributed by atoms with van der Waals surface area (Å²) in [7, 11) is -2.50. The maximum absolute atomic E-state index is 12.5. The van der Waals surface area contributed by atoms with Crippen molar-refractivity contribution < 1.29 is 85.4 Å². The molecule has 0 N–H and O–H groups in total.